The maximum Gasteiger partial charge on any atom is 0.306 e. The Labute approximate surface area is 307 Å². The van der Waals surface area contributed by atoms with E-state index in [4.69, 9.17) is 23.6 Å². The summed E-state index contributed by atoms with van der Waals surface area (Å²) in [7, 11) is -5.97. The number of ether oxygens (including phenoxy) is 3. The minimum atomic E-state index is -3.34. The number of benzene rings is 3. The summed E-state index contributed by atoms with van der Waals surface area (Å²) in [6.45, 7) is 18.7. The Bertz CT molecular complexity index is 1970. The quantitative estimate of drug-likeness (QED) is 0.107. The van der Waals surface area contributed by atoms with Crippen molar-refractivity contribution in [2.24, 2.45) is 4.99 Å². The van der Waals surface area contributed by atoms with Crippen molar-refractivity contribution in [3.8, 4) is 17.2 Å². The third-order valence-electron chi connectivity index (χ3n) is 8.96. The molecule has 0 radical (unpaired) electrons. The van der Waals surface area contributed by atoms with Crippen molar-refractivity contribution < 1.29 is 31.8 Å². The van der Waals surface area contributed by atoms with Gasteiger partial charge in [-0.3, -0.25) is 9.79 Å². The second-order valence-corrected chi connectivity index (χ2v) is 23.6. The predicted molar refractivity (Wildman–Crippen MR) is 209 cm³/mol. The van der Waals surface area contributed by atoms with Gasteiger partial charge in [-0.2, -0.15) is 0 Å². The zero-order chi connectivity index (χ0) is 37.2. The highest BCUT2D eigenvalue weighted by molar-refractivity contribution is 8.15. The highest BCUT2D eigenvalue weighted by Crippen LogP contribution is 2.51. The van der Waals surface area contributed by atoms with Gasteiger partial charge in [-0.05, 0) is 65.5 Å². The molecule has 9 nitrogen and oxygen atoms in total. The Morgan fingerprint density at radius 3 is 2.25 bits per heavy atom. The summed E-state index contributed by atoms with van der Waals surface area (Å²) in [6.07, 6.45) is 1.15. The lowest BCUT2D eigenvalue weighted by atomic mass is 10.2. The number of aromatic nitrogens is 1. The highest BCUT2D eigenvalue weighted by Gasteiger charge is 2.56. The summed E-state index contributed by atoms with van der Waals surface area (Å²) >= 11 is 1.56. The number of esters is 1. The molecule has 0 bridgehead atoms. The number of H-pyrrole nitrogens is 1. The zero-order valence-corrected chi connectivity index (χ0v) is 33.7. The maximum atomic E-state index is 12.1. The predicted octanol–water partition coefficient (Wildman–Crippen LogP) is 8.42. The topological polar surface area (TPSA) is 116 Å². The van der Waals surface area contributed by atoms with Crippen molar-refractivity contribution in [1.29, 1.82) is 0 Å². The molecule has 0 saturated carbocycles. The molecule has 12 heteroatoms. The molecule has 5 rings (SSSR count). The van der Waals surface area contributed by atoms with Crippen molar-refractivity contribution in [3.63, 3.8) is 0 Å². The van der Waals surface area contributed by atoms with Crippen LogP contribution in [0.4, 0.5) is 0 Å². The summed E-state index contributed by atoms with van der Waals surface area (Å²) in [6, 6.07) is 22.7. The summed E-state index contributed by atoms with van der Waals surface area (Å²) in [5, 5.41) is 2.70. The van der Waals surface area contributed by atoms with Gasteiger partial charge in [-0.25, -0.2) is 8.42 Å². The number of nitrogens with zero attached hydrogens (tertiary/aromatic N) is 1. The molecular formula is C39H50N2O7S2Si. The standard InChI is InChI=1S/C39H50N2O7S2Si/c1-10-45-35(42)23-30-24-40-37(49-30)33-21-27-20-29(48-28-16-18-31(19-17-28)50(9,43)44)22-34(36(27)41-33)47-26(2)25-46-51(38(3,4)5,39(6,7)8)32-14-12-11-13-15-32/h11-22,26,30,41H,10,23-25H2,1-9H3. The Morgan fingerprint density at radius 2 is 1.65 bits per heavy atom. The van der Waals surface area contributed by atoms with Crippen molar-refractivity contribution in [2.75, 3.05) is 26.0 Å². The Hall–Kier alpha value is -3.58. The molecule has 1 aliphatic rings. The minimum absolute atomic E-state index is 0.00633. The first kappa shape index (κ1) is 38.6. The molecule has 0 fully saturated rings. The fourth-order valence-corrected chi connectivity index (χ4v) is 15.0. The first-order valence-corrected chi connectivity index (χ1v) is 22.0. The molecule has 0 aliphatic carbocycles. The van der Waals surface area contributed by atoms with E-state index in [1.807, 2.05) is 31.2 Å². The van der Waals surface area contributed by atoms with Crippen LogP contribution in [0.2, 0.25) is 10.1 Å². The van der Waals surface area contributed by atoms with Crippen LogP contribution < -0.4 is 14.7 Å². The normalized spacial score (nSPS) is 16.2. The monoisotopic (exact) mass is 750 g/mol. The molecule has 4 aromatic rings. The lowest BCUT2D eigenvalue weighted by molar-refractivity contribution is -0.143. The number of carbonyl (C=O) groups excluding carboxylic acids is 1. The van der Waals surface area contributed by atoms with E-state index < -0.39 is 18.2 Å². The second kappa shape index (κ2) is 15.2. The smallest absolute Gasteiger partial charge is 0.306 e. The number of rotatable bonds is 13. The summed E-state index contributed by atoms with van der Waals surface area (Å²) < 4.78 is 49.3. The van der Waals surface area contributed by atoms with Crippen LogP contribution in [0.3, 0.4) is 0 Å². The third kappa shape index (κ3) is 8.73. The molecule has 1 N–H and O–H groups in total. The molecule has 0 amide bonds. The summed E-state index contributed by atoms with van der Waals surface area (Å²) in [5.74, 6) is 1.38. The Morgan fingerprint density at radius 1 is 0.980 bits per heavy atom. The number of thioether (sulfide) groups is 1. The van der Waals surface area contributed by atoms with Crippen molar-refractivity contribution >= 4 is 57.0 Å². The largest absolute Gasteiger partial charge is 0.486 e. The van der Waals surface area contributed by atoms with Crippen LogP contribution in [0.1, 0.15) is 67.5 Å². The fourth-order valence-electron chi connectivity index (χ4n) is 7.09. The van der Waals surface area contributed by atoms with Crippen LogP contribution in [-0.2, 0) is 23.8 Å². The van der Waals surface area contributed by atoms with E-state index in [2.05, 4.69) is 70.8 Å². The lowest BCUT2D eigenvalue weighted by Crippen LogP contribution is -2.64. The maximum absolute atomic E-state index is 12.1. The highest BCUT2D eigenvalue weighted by atomic mass is 32.2. The fraction of sp³-hybridized carbons (Fsp3) is 0.436. The number of aromatic amines is 1. The summed E-state index contributed by atoms with van der Waals surface area (Å²) in [5.41, 5.74) is 1.60. The van der Waals surface area contributed by atoms with Gasteiger partial charge in [0.25, 0.3) is 0 Å². The zero-order valence-electron chi connectivity index (χ0n) is 31.0. The molecule has 1 aliphatic heterocycles. The molecule has 51 heavy (non-hydrogen) atoms. The Kier molecular flexibility index (Phi) is 11.5. The molecule has 0 saturated heterocycles. The van der Waals surface area contributed by atoms with E-state index in [0.29, 0.717) is 43.4 Å². The molecule has 3 aromatic carbocycles. The molecule has 2 atom stereocenters. The number of fused-ring (bicyclic) bond motifs is 1. The van der Waals surface area contributed by atoms with Gasteiger partial charge in [-0.15, -0.1) is 0 Å². The number of hydrogen-bond donors (Lipinski definition) is 1. The first-order valence-electron chi connectivity index (χ1n) is 17.3. The lowest BCUT2D eigenvalue weighted by Gasteiger charge is -2.51. The van der Waals surface area contributed by atoms with Gasteiger partial charge in [0.1, 0.15) is 28.4 Å². The van der Waals surface area contributed by atoms with Crippen molar-refractivity contribution in [1.82, 2.24) is 4.98 Å². The van der Waals surface area contributed by atoms with E-state index in [1.54, 1.807) is 30.8 Å². The SMILES string of the molecule is CCOC(=O)CC1CN=C(c2cc3cc(Oc4ccc(S(C)(=O)=O)cc4)cc(OC(C)CO[Si](c4ccccc4)(C(C)(C)C)C(C)(C)C)c3[nH]2)S1. The molecule has 2 unspecified atom stereocenters. The van der Waals surface area contributed by atoms with E-state index in [9.17, 15) is 13.2 Å². The van der Waals surface area contributed by atoms with E-state index >= 15 is 0 Å². The molecule has 274 valence electrons. The molecule has 2 heterocycles. The van der Waals surface area contributed by atoms with Crippen molar-refractivity contribution in [3.05, 3.63) is 78.5 Å². The van der Waals surface area contributed by atoms with Crippen LogP contribution in [-0.4, -0.2) is 70.1 Å². The van der Waals surface area contributed by atoms with E-state index in [0.717, 1.165) is 21.6 Å². The molecule has 1 aromatic heterocycles. The number of sulfone groups is 1. The average Bonchev–Trinajstić information content (AvgIpc) is 3.68. The third-order valence-corrected chi connectivity index (χ3v) is 17.3. The van der Waals surface area contributed by atoms with Crippen LogP contribution in [0.15, 0.2) is 82.7 Å². The van der Waals surface area contributed by atoms with Gasteiger partial charge in [0, 0.05) is 23.0 Å². The van der Waals surface area contributed by atoms with E-state index in [1.165, 1.54) is 23.6 Å². The van der Waals surface area contributed by atoms with Crippen molar-refractivity contribution in [2.45, 2.75) is 88.1 Å². The number of hydrogen-bond acceptors (Lipinski definition) is 9. The average molecular weight is 751 g/mol. The molecule has 0 spiro atoms. The number of nitrogens with one attached hydrogen (secondary N) is 1. The second-order valence-electron chi connectivity index (χ2n) is 15.1. The van der Waals surface area contributed by atoms with Gasteiger partial charge in [-0.1, -0.05) is 83.6 Å². The summed E-state index contributed by atoms with van der Waals surface area (Å²) in [4.78, 5) is 20.6. The number of carbonyl (C=O) groups is 1. The van der Waals surface area contributed by atoms with Crippen LogP contribution >= 0.6 is 11.8 Å². The van der Waals surface area contributed by atoms with Crippen LogP contribution in [0.5, 0.6) is 17.2 Å². The Balaban J connectivity index is 1.46. The van der Waals surface area contributed by atoms with Gasteiger partial charge in [0.2, 0.25) is 8.32 Å². The van der Waals surface area contributed by atoms with Crippen LogP contribution in [0.25, 0.3) is 10.9 Å². The van der Waals surface area contributed by atoms with Gasteiger partial charge < -0.3 is 23.6 Å². The van der Waals surface area contributed by atoms with E-state index in [-0.39, 0.29) is 32.3 Å². The molecular weight excluding hydrogens is 701 g/mol. The number of aliphatic imine (C=N–C) groups is 1. The van der Waals surface area contributed by atoms with Gasteiger partial charge in [0.05, 0.1) is 42.3 Å². The first-order chi connectivity index (χ1) is 23.9. The minimum Gasteiger partial charge on any atom is -0.486 e. The van der Waals surface area contributed by atoms with Gasteiger partial charge >= 0.3 is 5.97 Å². The van der Waals surface area contributed by atoms with Gasteiger partial charge in [0.15, 0.2) is 9.84 Å². The van der Waals surface area contributed by atoms with Crippen LogP contribution in [0, 0.1) is 0 Å².